The number of nitrogens with two attached hydrogens (primary N) is 1. The molecule has 1 aromatic heterocycles. The number of thiocarbonyl (C=S) groups is 1. The summed E-state index contributed by atoms with van der Waals surface area (Å²) in [6.45, 7) is 0.407. The second-order valence-corrected chi connectivity index (χ2v) is 3.92. The Bertz CT molecular complexity index is 514. The molecule has 3 nitrogen and oxygen atoms in total. The van der Waals surface area contributed by atoms with E-state index in [9.17, 15) is 0 Å². The second kappa shape index (κ2) is 5.41. The molecule has 0 saturated heterocycles. The van der Waals surface area contributed by atoms with Crippen LogP contribution in [0.2, 0.25) is 0 Å². The van der Waals surface area contributed by atoms with E-state index in [-0.39, 0.29) is 4.99 Å². The number of nitrogens with zero attached hydrogens (tertiary/aromatic N) is 1. The highest BCUT2D eigenvalue weighted by molar-refractivity contribution is 7.80. The van der Waals surface area contributed by atoms with Crippen molar-refractivity contribution < 1.29 is 4.74 Å². The van der Waals surface area contributed by atoms with E-state index in [2.05, 4.69) is 4.98 Å². The number of hydrogen-bond acceptors (Lipinski definition) is 3. The molecular formula is C13H12N2OS. The van der Waals surface area contributed by atoms with Gasteiger partial charge in [-0.15, -0.1) is 0 Å². The van der Waals surface area contributed by atoms with Crippen molar-refractivity contribution in [2.24, 2.45) is 5.73 Å². The summed E-state index contributed by atoms with van der Waals surface area (Å²) < 4.78 is 5.63. The van der Waals surface area contributed by atoms with E-state index in [4.69, 9.17) is 22.7 Å². The molecule has 0 bridgehead atoms. The summed E-state index contributed by atoms with van der Waals surface area (Å²) >= 11 is 4.94. The number of benzene rings is 1. The molecule has 0 radical (unpaired) electrons. The summed E-state index contributed by atoms with van der Waals surface area (Å²) in [4.78, 5) is 4.43. The van der Waals surface area contributed by atoms with E-state index >= 15 is 0 Å². The molecule has 0 atom stereocenters. The maximum absolute atomic E-state index is 5.63. The Kier molecular flexibility index (Phi) is 3.67. The maximum Gasteiger partial charge on any atom is 0.123 e. The molecule has 0 fully saturated rings. The van der Waals surface area contributed by atoms with Crippen LogP contribution in [0.4, 0.5) is 0 Å². The van der Waals surface area contributed by atoms with E-state index in [1.54, 1.807) is 6.20 Å². The van der Waals surface area contributed by atoms with Gasteiger partial charge in [0.2, 0.25) is 0 Å². The average molecular weight is 244 g/mol. The molecule has 0 spiro atoms. The minimum Gasteiger partial charge on any atom is -0.489 e. The maximum atomic E-state index is 5.63. The standard InChI is InChI=1S/C13H12N2OS/c14-13(17)12-10(5-4-8-15-12)9-16-11-6-2-1-3-7-11/h1-8H,9H2,(H2,14,17). The molecule has 17 heavy (non-hydrogen) atoms. The molecule has 86 valence electrons. The minimum absolute atomic E-state index is 0.289. The lowest BCUT2D eigenvalue weighted by Gasteiger charge is -2.08. The zero-order chi connectivity index (χ0) is 12.1. The Morgan fingerprint density at radius 3 is 2.65 bits per heavy atom. The predicted molar refractivity (Wildman–Crippen MR) is 70.9 cm³/mol. The molecule has 0 aliphatic carbocycles. The smallest absolute Gasteiger partial charge is 0.123 e. The third-order valence-corrected chi connectivity index (χ3v) is 2.46. The highest BCUT2D eigenvalue weighted by Gasteiger charge is 2.06. The molecule has 1 aromatic carbocycles. The van der Waals surface area contributed by atoms with Crippen LogP contribution in [-0.4, -0.2) is 9.97 Å². The molecular weight excluding hydrogens is 232 g/mol. The van der Waals surface area contributed by atoms with E-state index < -0.39 is 0 Å². The van der Waals surface area contributed by atoms with Gasteiger partial charge in [-0.25, -0.2) is 0 Å². The first-order valence-corrected chi connectivity index (χ1v) is 5.60. The quantitative estimate of drug-likeness (QED) is 0.838. The second-order valence-electron chi connectivity index (χ2n) is 3.48. The van der Waals surface area contributed by atoms with E-state index in [0.717, 1.165) is 11.3 Å². The monoisotopic (exact) mass is 244 g/mol. The van der Waals surface area contributed by atoms with Gasteiger partial charge in [0.15, 0.2) is 0 Å². The molecule has 0 unspecified atom stereocenters. The number of rotatable bonds is 4. The van der Waals surface area contributed by atoms with Crippen LogP contribution < -0.4 is 10.5 Å². The Labute approximate surface area is 105 Å². The zero-order valence-corrected chi connectivity index (χ0v) is 9.98. The fourth-order valence-corrected chi connectivity index (χ4v) is 1.64. The van der Waals surface area contributed by atoms with Gasteiger partial charge in [0.1, 0.15) is 23.0 Å². The van der Waals surface area contributed by atoms with Gasteiger partial charge in [0, 0.05) is 11.8 Å². The van der Waals surface area contributed by atoms with Gasteiger partial charge in [-0.1, -0.05) is 36.5 Å². The SMILES string of the molecule is NC(=S)c1ncccc1COc1ccccc1. The Morgan fingerprint density at radius 1 is 1.18 bits per heavy atom. The summed E-state index contributed by atoms with van der Waals surface area (Å²) in [5.74, 6) is 0.810. The molecule has 0 aliphatic rings. The third-order valence-electron chi connectivity index (χ3n) is 2.26. The van der Waals surface area contributed by atoms with Crippen LogP contribution in [0.3, 0.4) is 0 Å². The zero-order valence-electron chi connectivity index (χ0n) is 9.17. The molecule has 4 heteroatoms. The molecule has 0 aliphatic heterocycles. The van der Waals surface area contributed by atoms with Crippen LogP contribution in [0.5, 0.6) is 5.75 Å². The van der Waals surface area contributed by atoms with Crippen molar-refractivity contribution in [3.05, 3.63) is 59.9 Å². The van der Waals surface area contributed by atoms with Gasteiger partial charge < -0.3 is 10.5 Å². The van der Waals surface area contributed by atoms with Crippen molar-refractivity contribution >= 4 is 17.2 Å². The number of ether oxygens (including phenoxy) is 1. The highest BCUT2D eigenvalue weighted by Crippen LogP contribution is 2.13. The van der Waals surface area contributed by atoms with Crippen molar-refractivity contribution in [2.75, 3.05) is 0 Å². The molecule has 2 N–H and O–H groups in total. The summed E-state index contributed by atoms with van der Waals surface area (Å²) in [7, 11) is 0. The fourth-order valence-electron chi connectivity index (χ4n) is 1.45. The number of para-hydroxylation sites is 1. The first-order chi connectivity index (χ1) is 8.27. The van der Waals surface area contributed by atoms with Crippen LogP contribution in [0.15, 0.2) is 48.7 Å². The molecule has 2 aromatic rings. The van der Waals surface area contributed by atoms with Crippen LogP contribution >= 0.6 is 12.2 Å². The van der Waals surface area contributed by atoms with Gasteiger partial charge in [-0.3, -0.25) is 4.98 Å². The van der Waals surface area contributed by atoms with Crippen molar-refractivity contribution in [3.63, 3.8) is 0 Å². The third kappa shape index (κ3) is 3.01. The topological polar surface area (TPSA) is 48.1 Å². The van der Waals surface area contributed by atoms with Crippen molar-refractivity contribution in [3.8, 4) is 5.75 Å². The van der Waals surface area contributed by atoms with Crippen molar-refractivity contribution in [2.45, 2.75) is 6.61 Å². The summed E-state index contributed by atoms with van der Waals surface area (Å²) in [5, 5.41) is 0. The van der Waals surface area contributed by atoms with Crippen LogP contribution in [0, 0.1) is 0 Å². The predicted octanol–water partition coefficient (Wildman–Crippen LogP) is 2.29. The Balaban J connectivity index is 2.12. The van der Waals surface area contributed by atoms with Crippen LogP contribution in [-0.2, 0) is 6.61 Å². The number of pyridine rings is 1. The molecule has 0 saturated carbocycles. The normalized spacial score (nSPS) is 9.88. The van der Waals surface area contributed by atoms with Crippen molar-refractivity contribution in [1.29, 1.82) is 0 Å². The molecule has 0 amide bonds. The largest absolute Gasteiger partial charge is 0.489 e. The number of hydrogen-bond donors (Lipinski definition) is 1. The summed E-state index contributed by atoms with van der Waals surface area (Å²) in [6, 6.07) is 13.3. The first-order valence-electron chi connectivity index (χ1n) is 5.19. The van der Waals surface area contributed by atoms with Crippen molar-refractivity contribution in [1.82, 2.24) is 4.98 Å². The average Bonchev–Trinajstić information content (AvgIpc) is 2.38. The van der Waals surface area contributed by atoms with Gasteiger partial charge in [-0.05, 0) is 18.2 Å². The lowest BCUT2D eigenvalue weighted by molar-refractivity contribution is 0.305. The number of aromatic nitrogens is 1. The van der Waals surface area contributed by atoms with Gasteiger partial charge >= 0.3 is 0 Å². The molecule has 2 rings (SSSR count). The Morgan fingerprint density at radius 2 is 1.94 bits per heavy atom. The minimum atomic E-state index is 0.289. The van der Waals surface area contributed by atoms with Gasteiger partial charge in [-0.2, -0.15) is 0 Å². The van der Waals surface area contributed by atoms with Crippen LogP contribution in [0.1, 0.15) is 11.3 Å². The van der Waals surface area contributed by atoms with Gasteiger partial charge in [0.05, 0.1) is 0 Å². The summed E-state index contributed by atoms with van der Waals surface area (Å²) in [6.07, 6.45) is 1.67. The highest BCUT2D eigenvalue weighted by atomic mass is 32.1. The van der Waals surface area contributed by atoms with E-state index in [1.807, 2.05) is 42.5 Å². The van der Waals surface area contributed by atoms with E-state index in [1.165, 1.54) is 0 Å². The fraction of sp³-hybridized carbons (Fsp3) is 0.0769. The Hall–Kier alpha value is -1.94. The first kappa shape index (κ1) is 11.5. The van der Waals surface area contributed by atoms with Crippen LogP contribution in [0.25, 0.3) is 0 Å². The van der Waals surface area contributed by atoms with Gasteiger partial charge in [0.25, 0.3) is 0 Å². The summed E-state index contributed by atoms with van der Waals surface area (Å²) in [5.41, 5.74) is 7.11. The van der Waals surface area contributed by atoms with E-state index in [0.29, 0.717) is 12.3 Å². The lowest BCUT2D eigenvalue weighted by Crippen LogP contribution is -2.15. The molecule has 1 heterocycles. The lowest BCUT2D eigenvalue weighted by atomic mass is 10.2.